The molecule has 5 nitrogen and oxygen atoms in total. The Morgan fingerprint density at radius 1 is 1.14 bits per heavy atom. The van der Waals surface area contributed by atoms with Gasteiger partial charge in [-0.3, -0.25) is 14.4 Å². The highest BCUT2D eigenvalue weighted by Crippen LogP contribution is 2.68. The zero-order chi connectivity index (χ0) is 21.4. The highest BCUT2D eigenvalue weighted by Gasteiger charge is 2.65. The van der Waals surface area contributed by atoms with Crippen LogP contribution in [-0.2, 0) is 19.1 Å². The van der Waals surface area contributed by atoms with Crippen LogP contribution in [0, 0.1) is 34.5 Å². The first-order valence-electron chi connectivity index (χ1n) is 11.1. The van der Waals surface area contributed by atoms with Crippen LogP contribution in [0.25, 0.3) is 0 Å². The van der Waals surface area contributed by atoms with Crippen molar-refractivity contribution in [2.75, 3.05) is 0 Å². The van der Waals surface area contributed by atoms with Gasteiger partial charge < -0.3 is 9.84 Å². The monoisotopic (exact) mass is 402 g/mol. The van der Waals surface area contributed by atoms with Gasteiger partial charge in [0.2, 0.25) is 0 Å². The van der Waals surface area contributed by atoms with Crippen molar-refractivity contribution in [3.8, 4) is 0 Å². The highest BCUT2D eigenvalue weighted by molar-refractivity contribution is 5.92. The largest absolute Gasteiger partial charge is 0.462 e. The molecule has 4 aliphatic carbocycles. The molecule has 0 bridgehead atoms. The van der Waals surface area contributed by atoms with Crippen LogP contribution in [0.4, 0.5) is 0 Å². The number of hydrogen-bond acceptors (Lipinski definition) is 5. The lowest BCUT2D eigenvalue weighted by Gasteiger charge is -2.61. The molecule has 0 aromatic heterocycles. The molecule has 8 atom stereocenters. The number of hydrogen-bond donors (Lipinski definition) is 1. The first-order chi connectivity index (χ1) is 13.4. The molecule has 160 valence electrons. The fraction of sp³-hybridized carbons (Fsp3) is 0.792. The Hall–Kier alpha value is -1.49. The molecule has 1 N–H and O–H groups in total. The van der Waals surface area contributed by atoms with Crippen molar-refractivity contribution in [1.82, 2.24) is 0 Å². The van der Waals surface area contributed by atoms with E-state index in [2.05, 4.69) is 13.8 Å². The van der Waals surface area contributed by atoms with Crippen LogP contribution in [0.15, 0.2) is 11.6 Å². The highest BCUT2D eigenvalue weighted by atomic mass is 16.5. The van der Waals surface area contributed by atoms with Crippen molar-refractivity contribution in [2.45, 2.75) is 84.8 Å². The normalized spacial score (nSPS) is 48.8. The van der Waals surface area contributed by atoms with Gasteiger partial charge in [-0.15, -0.1) is 0 Å². The number of aliphatic hydroxyl groups is 1. The van der Waals surface area contributed by atoms with E-state index in [4.69, 9.17) is 4.74 Å². The molecular formula is C24H34O5. The lowest BCUT2D eigenvalue weighted by Crippen LogP contribution is -2.57. The van der Waals surface area contributed by atoms with E-state index in [9.17, 15) is 19.5 Å². The lowest BCUT2D eigenvalue weighted by molar-refractivity contribution is -0.151. The molecule has 0 amide bonds. The molecule has 0 aromatic carbocycles. The maximum atomic E-state index is 12.6. The number of ketones is 2. The van der Waals surface area contributed by atoms with Crippen LogP contribution in [0.2, 0.25) is 0 Å². The van der Waals surface area contributed by atoms with E-state index in [1.54, 1.807) is 13.0 Å². The smallest absolute Gasteiger partial charge is 0.302 e. The van der Waals surface area contributed by atoms with Gasteiger partial charge in [-0.2, -0.15) is 0 Å². The molecular weight excluding hydrogens is 368 g/mol. The van der Waals surface area contributed by atoms with Crippen molar-refractivity contribution >= 4 is 17.5 Å². The molecule has 0 spiro atoms. The Labute approximate surface area is 173 Å². The van der Waals surface area contributed by atoms with Crippen LogP contribution in [-0.4, -0.2) is 34.3 Å². The zero-order valence-corrected chi connectivity index (χ0v) is 18.3. The summed E-state index contributed by atoms with van der Waals surface area (Å²) >= 11 is 0. The van der Waals surface area contributed by atoms with E-state index in [1.807, 2.05) is 6.92 Å². The topological polar surface area (TPSA) is 80.7 Å². The third kappa shape index (κ3) is 2.95. The fourth-order valence-electron chi connectivity index (χ4n) is 8.05. The second-order valence-corrected chi connectivity index (χ2v) is 10.8. The second-order valence-electron chi connectivity index (χ2n) is 10.8. The summed E-state index contributed by atoms with van der Waals surface area (Å²) in [6, 6.07) is 0. The minimum Gasteiger partial charge on any atom is -0.462 e. The number of fused-ring (bicyclic) bond motifs is 5. The van der Waals surface area contributed by atoms with E-state index in [1.165, 1.54) is 6.92 Å². The summed E-state index contributed by atoms with van der Waals surface area (Å²) in [5.41, 5.74) is -0.517. The Morgan fingerprint density at radius 3 is 2.45 bits per heavy atom. The third-order valence-corrected chi connectivity index (χ3v) is 9.04. The third-order valence-electron chi connectivity index (χ3n) is 9.04. The Balaban J connectivity index is 1.75. The average molecular weight is 403 g/mol. The van der Waals surface area contributed by atoms with E-state index in [0.717, 1.165) is 24.8 Å². The molecule has 4 aliphatic rings. The molecule has 3 fully saturated rings. The molecule has 0 heterocycles. The van der Waals surface area contributed by atoms with E-state index in [0.29, 0.717) is 25.2 Å². The molecule has 0 aliphatic heterocycles. The lowest BCUT2D eigenvalue weighted by atomic mass is 9.44. The van der Waals surface area contributed by atoms with Crippen LogP contribution < -0.4 is 0 Å². The fourth-order valence-corrected chi connectivity index (χ4v) is 8.05. The number of esters is 1. The number of ether oxygens (including phenoxy) is 1. The van der Waals surface area contributed by atoms with Crippen LogP contribution in [0.3, 0.4) is 0 Å². The van der Waals surface area contributed by atoms with Gasteiger partial charge in [0.15, 0.2) is 5.78 Å². The second kappa shape index (κ2) is 6.50. The zero-order valence-electron chi connectivity index (χ0n) is 18.3. The summed E-state index contributed by atoms with van der Waals surface area (Å²) in [4.78, 5) is 36.5. The SMILES string of the molecule is CC(=O)OC1CC2C3CC(C)(O)C4=CC(=O)CCC4(C)C3CCC2(C)C1C(C)=O. The number of Topliss-reactive ketones (excluding diaryl/α,β-unsaturated/α-hetero) is 1. The predicted molar refractivity (Wildman–Crippen MR) is 108 cm³/mol. The van der Waals surface area contributed by atoms with Gasteiger partial charge >= 0.3 is 5.97 Å². The summed E-state index contributed by atoms with van der Waals surface area (Å²) in [6.45, 7) is 9.29. The van der Waals surface area contributed by atoms with Gasteiger partial charge in [-0.05, 0) is 86.2 Å². The van der Waals surface area contributed by atoms with Crippen LogP contribution in [0.5, 0.6) is 0 Å². The van der Waals surface area contributed by atoms with Gasteiger partial charge in [0.05, 0.1) is 11.5 Å². The summed E-state index contributed by atoms with van der Waals surface area (Å²) in [7, 11) is 0. The van der Waals surface area contributed by atoms with Gasteiger partial charge in [-0.1, -0.05) is 13.8 Å². The summed E-state index contributed by atoms with van der Waals surface area (Å²) in [5.74, 6) is 0.451. The van der Waals surface area contributed by atoms with Crippen molar-refractivity contribution in [1.29, 1.82) is 0 Å². The van der Waals surface area contributed by atoms with E-state index < -0.39 is 5.60 Å². The maximum absolute atomic E-state index is 12.6. The number of rotatable bonds is 2. The number of carbonyl (C=O) groups excluding carboxylic acids is 3. The van der Waals surface area contributed by atoms with Crippen LogP contribution >= 0.6 is 0 Å². The molecule has 0 saturated heterocycles. The summed E-state index contributed by atoms with van der Waals surface area (Å²) in [5, 5.41) is 11.4. The molecule has 5 heteroatoms. The first kappa shape index (κ1) is 20.8. The van der Waals surface area contributed by atoms with Gasteiger partial charge in [-0.25, -0.2) is 0 Å². The maximum Gasteiger partial charge on any atom is 0.302 e. The van der Waals surface area contributed by atoms with Gasteiger partial charge in [0, 0.05) is 13.3 Å². The molecule has 0 aromatic rings. The molecule has 8 unspecified atom stereocenters. The first-order valence-corrected chi connectivity index (χ1v) is 11.1. The van der Waals surface area contributed by atoms with Crippen molar-refractivity contribution in [2.24, 2.45) is 34.5 Å². The van der Waals surface area contributed by atoms with Crippen molar-refractivity contribution in [3.63, 3.8) is 0 Å². The minimum atomic E-state index is -1.02. The van der Waals surface area contributed by atoms with E-state index >= 15 is 0 Å². The molecule has 0 radical (unpaired) electrons. The quantitative estimate of drug-likeness (QED) is 0.714. The molecule has 4 rings (SSSR count). The Bertz CT molecular complexity index is 795. The minimum absolute atomic E-state index is 0.0947. The van der Waals surface area contributed by atoms with Gasteiger partial charge in [0.25, 0.3) is 0 Å². The molecule has 29 heavy (non-hydrogen) atoms. The summed E-state index contributed by atoms with van der Waals surface area (Å²) in [6.07, 6.45) is 5.83. The Kier molecular flexibility index (Phi) is 4.66. The summed E-state index contributed by atoms with van der Waals surface area (Å²) < 4.78 is 5.64. The van der Waals surface area contributed by atoms with Crippen LogP contribution in [0.1, 0.15) is 73.1 Å². The molecule has 3 saturated carbocycles. The average Bonchev–Trinajstić information content (AvgIpc) is 2.88. The Morgan fingerprint density at radius 2 is 1.83 bits per heavy atom. The number of carbonyl (C=O) groups is 3. The standard InChI is InChI=1S/C24H34O5/c1-13(25)21-19(29-14(2)26)11-18-16-12-24(5,28)20-10-15(27)6-8-22(20,3)17(16)7-9-23(18,21)4/h10,16-19,21,28H,6-9,11-12H2,1-5H3. The van der Waals surface area contributed by atoms with E-state index in [-0.39, 0.29) is 52.2 Å². The van der Waals surface area contributed by atoms with Gasteiger partial charge in [0.1, 0.15) is 11.9 Å². The predicted octanol–water partition coefficient (Wildman–Crippen LogP) is 3.63. The van der Waals surface area contributed by atoms with Crippen molar-refractivity contribution < 1.29 is 24.2 Å². The van der Waals surface area contributed by atoms with Crippen molar-refractivity contribution in [3.05, 3.63) is 11.6 Å².